The average molecular weight is 482 g/mol. The number of hydrogen-bond donors (Lipinski definition) is 3. The summed E-state index contributed by atoms with van der Waals surface area (Å²) in [7, 11) is 3.42. The van der Waals surface area contributed by atoms with Crippen molar-refractivity contribution in [1.82, 2.24) is 15.2 Å². The number of thiazole rings is 1. The van der Waals surface area contributed by atoms with Gasteiger partial charge in [0.1, 0.15) is 36.5 Å². The summed E-state index contributed by atoms with van der Waals surface area (Å²) in [5.41, 5.74) is 6.59. The Hall–Kier alpha value is -2.64. The van der Waals surface area contributed by atoms with E-state index in [4.69, 9.17) is 10.6 Å². The second-order valence-corrected chi connectivity index (χ2v) is 10.2. The van der Waals surface area contributed by atoms with E-state index in [2.05, 4.69) is 22.5 Å². The number of carboxylic acid groups (broad SMARTS) is 1. The first-order valence-electron chi connectivity index (χ1n) is 10.1. The predicted octanol–water partition coefficient (Wildman–Crippen LogP) is 0.0548. The van der Waals surface area contributed by atoms with E-state index in [1.807, 2.05) is 0 Å². The maximum absolute atomic E-state index is 12.9. The molecule has 4 rings (SSSR count). The van der Waals surface area contributed by atoms with E-state index in [0.29, 0.717) is 12.3 Å². The Morgan fingerprint density at radius 3 is 2.75 bits per heavy atom. The average Bonchev–Trinajstić information content (AvgIpc) is 3.37. The summed E-state index contributed by atoms with van der Waals surface area (Å²) >= 11 is 2.61. The summed E-state index contributed by atoms with van der Waals surface area (Å²) in [4.78, 5) is 47.9. The normalized spacial score (nSPS) is 24.8. The summed E-state index contributed by atoms with van der Waals surface area (Å²) < 4.78 is 0.785. The van der Waals surface area contributed by atoms with Crippen LogP contribution >= 0.6 is 23.1 Å². The van der Waals surface area contributed by atoms with Gasteiger partial charge in [0.25, 0.3) is 11.8 Å². The molecule has 1 aromatic heterocycles. The van der Waals surface area contributed by atoms with Crippen molar-refractivity contribution < 1.29 is 28.8 Å². The van der Waals surface area contributed by atoms with Gasteiger partial charge in [-0.15, -0.1) is 23.1 Å². The number of fused-ring (bicyclic) bond motifs is 1. The zero-order chi connectivity index (χ0) is 23.0. The maximum atomic E-state index is 12.9. The van der Waals surface area contributed by atoms with Crippen LogP contribution in [0.15, 0.2) is 21.8 Å². The first-order chi connectivity index (χ1) is 15.2. The number of aliphatic carboxylic acids is 1. The summed E-state index contributed by atoms with van der Waals surface area (Å²) in [6, 6.07) is -0.863. The van der Waals surface area contributed by atoms with Crippen LogP contribution in [0.1, 0.15) is 18.5 Å². The number of aromatic nitrogens is 1. The number of nitrogens with two attached hydrogens (primary N) is 1. The SMILES string of the molecule is CO/N=C(\C(=O)N[C@H]1C(=O)N2C(C(=O)O)=C(C[N+]3(C)CCCC3)CS[C@@H]12)c1csc(N)n1. The van der Waals surface area contributed by atoms with Crippen molar-refractivity contribution in [2.24, 2.45) is 5.16 Å². The predicted molar refractivity (Wildman–Crippen MR) is 120 cm³/mol. The summed E-state index contributed by atoms with van der Waals surface area (Å²) in [6.07, 6.45) is 2.24. The quantitative estimate of drug-likeness (QED) is 0.214. The molecule has 3 aliphatic heterocycles. The van der Waals surface area contributed by atoms with Gasteiger partial charge in [-0.3, -0.25) is 14.5 Å². The number of rotatable bonds is 7. The van der Waals surface area contributed by atoms with Gasteiger partial charge in [0.2, 0.25) is 0 Å². The molecule has 2 amide bonds. The van der Waals surface area contributed by atoms with Crippen molar-refractivity contribution in [3.8, 4) is 0 Å². The van der Waals surface area contributed by atoms with Crippen LogP contribution in [-0.2, 0) is 19.2 Å². The summed E-state index contributed by atoms with van der Waals surface area (Å²) in [6.45, 7) is 2.61. The van der Waals surface area contributed by atoms with Crippen LogP contribution in [0.5, 0.6) is 0 Å². The number of oxime groups is 1. The number of likely N-dealkylation sites (tertiary alicyclic amines) is 1. The van der Waals surface area contributed by atoms with Crippen LogP contribution in [0.25, 0.3) is 0 Å². The number of nitrogen functional groups attached to an aromatic ring is 1. The Kier molecular flexibility index (Phi) is 6.14. The Balaban J connectivity index is 1.52. The van der Waals surface area contributed by atoms with Gasteiger partial charge < -0.3 is 25.5 Å². The van der Waals surface area contributed by atoms with E-state index in [9.17, 15) is 19.5 Å². The molecule has 0 spiro atoms. The number of nitrogens with zero attached hydrogens (tertiary/aromatic N) is 4. The van der Waals surface area contributed by atoms with E-state index in [0.717, 1.165) is 47.3 Å². The molecule has 0 aromatic carbocycles. The first-order valence-corrected chi connectivity index (χ1v) is 12.0. The molecule has 4 heterocycles. The number of carboxylic acids is 1. The number of thioether (sulfide) groups is 1. The van der Waals surface area contributed by atoms with Crippen molar-refractivity contribution in [3.63, 3.8) is 0 Å². The largest absolute Gasteiger partial charge is 0.477 e. The molecule has 0 radical (unpaired) electrons. The number of quaternary nitrogens is 1. The van der Waals surface area contributed by atoms with Crippen LogP contribution in [0.3, 0.4) is 0 Å². The van der Waals surface area contributed by atoms with E-state index >= 15 is 0 Å². The maximum Gasteiger partial charge on any atom is 0.352 e. The number of amides is 2. The Labute approximate surface area is 192 Å². The molecule has 2 saturated heterocycles. The molecule has 3 aliphatic rings. The van der Waals surface area contributed by atoms with Crippen LogP contribution in [0, 0.1) is 0 Å². The Morgan fingerprint density at radius 1 is 1.44 bits per heavy atom. The van der Waals surface area contributed by atoms with Gasteiger partial charge in [-0.25, -0.2) is 9.78 Å². The monoisotopic (exact) mass is 481 g/mol. The number of likely N-dealkylation sites (N-methyl/N-ethyl adjacent to an activating group) is 1. The molecule has 11 nitrogen and oxygen atoms in total. The smallest absolute Gasteiger partial charge is 0.352 e. The zero-order valence-electron chi connectivity index (χ0n) is 17.7. The van der Waals surface area contributed by atoms with E-state index < -0.39 is 29.2 Å². The molecule has 32 heavy (non-hydrogen) atoms. The van der Waals surface area contributed by atoms with Crippen molar-refractivity contribution in [3.05, 3.63) is 22.3 Å². The third-order valence-electron chi connectivity index (χ3n) is 5.92. The van der Waals surface area contributed by atoms with Gasteiger partial charge in [-0.1, -0.05) is 5.16 Å². The van der Waals surface area contributed by atoms with E-state index in [1.165, 1.54) is 23.8 Å². The Morgan fingerprint density at radius 2 is 2.16 bits per heavy atom. The molecule has 0 bridgehead atoms. The molecule has 2 fully saturated rings. The molecule has 0 saturated carbocycles. The number of β-lactam (4-membered cyclic amide) rings is 1. The van der Waals surface area contributed by atoms with Gasteiger partial charge in [0.15, 0.2) is 10.8 Å². The minimum atomic E-state index is -1.12. The van der Waals surface area contributed by atoms with Crippen LogP contribution in [-0.4, -0.2) is 93.9 Å². The molecule has 0 unspecified atom stereocenters. The molecule has 13 heteroatoms. The van der Waals surface area contributed by atoms with E-state index in [-0.39, 0.29) is 22.2 Å². The number of anilines is 1. The van der Waals surface area contributed by atoms with Crippen LogP contribution in [0.4, 0.5) is 5.13 Å². The lowest BCUT2D eigenvalue weighted by Crippen LogP contribution is -2.71. The number of carbonyl (C=O) groups is 3. The minimum absolute atomic E-state index is 0.0496. The van der Waals surface area contributed by atoms with Gasteiger partial charge in [-0.2, -0.15) is 0 Å². The minimum Gasteiger partial charge on any atom is -0.477 e. The molecular weight excluding hydrogens is 456 g/mol. The fourth-order valence-corrected chi connectivity index (χ4v) is 6.31. The number of carbonyl (C=O) groups excluding carboxylic acids is 2. The van der Waals surface area contributed by atoms with Gasteiger partial charge >= 0.3 is 5.97 Å². The topological polar surface area (TPSA) is 147 Å². The van der Waals surface area contributed by atoms with Gasteiger partial charge in [0, 0.05) is 29.5 Å². The van der Waals surface area contributed by atoms with Crippen LogP contribution < -0.4 is 11.1 Å². The fraction of sp³-hybridized carbons (Fsp3) is 0.526. The molecular formula is C19H25N6O5S2+. The fourth-order valence-electron chi connectivity index (χ4n) is 4.42. The highest BCUT2D eigenvalue weighted by atomic mass is 32.2. The van der Waals surface area contributed by atoms with Crippen molar-refractivity contribution in [1.29, 1.82) is 0 Å². The Bertz CT molecular complexity index is 1020. The van der Waals surface area contributed by atoms with Crippen molar-refractivity contribution in [2.75, 3.05) is 45.3 Å². The summed E-state index contributed by atoms with van der Waals surface area (Å²) in [5, 5.41) is 17.6. The third kappa shape index (κ3) is 4.07. The molecule has 172 valence electrons. The van der Waals surface area contributed by atoms with Crippen molar-refractivity contribution in [2.45, 2.75) is 24.3 Å². The van der Waals surface area contributed by atoms with E-state index in [1.54, 1.807) is 5.38 Å². The summed E-state index contributed by atoms with van der Waals surface area (Å²) in [5.74, 6) is -1.71. The lowest BCUT2D eigenvalue weighted by atomic mass is 10.0. The van der Waals surface area contributed by atoms with Gasteiger partial charge in [0.05, 0.1) is 20.1 Å². The van der Waals surface area contributed by atoms with Crippen LogP contribution in [0.2, 0.25) is 0 Å². The zero-order valence-corrected chi connectivity index (χ0v) is 19.4. The second-order valence-electron chi connectivity index (χ2n) is 8.24. The van der Waals surface area contributed by atoms with Crippen molar-refractivity contribution >= 4 is 51.7 Å². The highest BCUT2D eigenvalue weighted by molar-refractivity contribution is 8.00. The molecule has 4 N–H and O–H groups in total. The highest BCUT2D eigenvalue weighted by Crippen LogP contribution is 2.41. The number of nitrogens with one attached hydrogen (secondary N) is 1. The molecule has 0 aliphatic carbocycles. The third-order valence-corrected chi connectivity index (χ3v) is 7.93. The molecule has 2 atom stereocenters. The van der Waals surface area contributed by atoms with Gasteiger partial charge in [-0.05, 0) is 0 Å². The highest BCUT2D eigenvalue weighted by Gasteiger charge is 2.55. The first kappa shape index (κ1) is 22.6. The number of hydrogen-bond acceptors (Lipinski definition) is 9. The lowest BCUT2D eigenvalue weighted by Gasteiger charge is -2.49. The standard InChI is InChI=1S/C19H24N6O5S2/c1-25(5-3-4-6-25)7-10-8-31-17-13(16(27)24(17)14(10)18(28)29)22-15(26)12(23-30-2)11-9-32-19(20)21-11/h9,13,17H,3-8H2,1-2H3,(H3-,20,21,22,26,28,29)/p+1/b23-12-/t13-,17-/m0/s1. The second kappa shape index (κ2) is 8.71. The molecule has 1 aromatic rings. The lowest BCUT2D eigenvalue weighted by molar-refractivity contribution is -0.893.